The van der Waals surface area contributed by atoms with Crippen LogP contribution in [-0.2, 0) is 0 Å². The lowest BCUT2D eigenvalue weighted by atomic mass is 10.0. The van der Waals surface area contributed by atoms with E-state index in [2.05, 4.69) is 56.4 Å². The Hall–Kier alpha value is -1.94. The van der Waals surface area contributed by atoms with E-state index in [9.17, 15) is 4.79 Å². The molecule has 0 bridgehead atoms. The highest BCUT2D eigenvalue weighted by molar-refractivity contribution is 7.99. The molecule has 1 N–H and O–H groups in total. The van der Waals surface area contributed by atoms with Crippen LogP contribution >= 0.6 is 11.8 Å². The smallest absolute Gasteiger partial charge is 0.321 e. The Morgan fingerprint density at radius 1 is 1.08 bits per heavy atom. The summed E-state index contributed by atoms with van der Waals surface area (Å²) in [5, 5.41) is 3.54. The van der Waals surface area contributed by atoms with Crippen LogP contribution in [0, 0.1) is 20.8 Å². The number of anilines is 1. The first-order valence-corrected chi connectivity index (χ1v) is 9.89. The van der Waals surface area contributed by atoms with Crippen molar-refractivity contribution in [2.24, 2.45) is 0 Å². The molecule has 0 saturated carbocycles. The van der Waals surface area contributed by atoms with E-state index in [1.165, 1.54) is 22.3 Å². The number of hydrogen-bond acceptors (Lipinski definition) is 2. The number of rotatable bonds is 2. The minimum absolute atomic E-state index is 0.0102. The number of urea groups is 1. The molecule has 1 unspecified atom stereocenters. The number of hydrogen-bond donors (Lipinski definition) is 1. The molecule has 1 atom stereocenters. The molecule has 3 nitrogen and oxygen atoms in total. The molecule has 132 valence electrons. The SMILES string of the molecule is Cc1cc(C)cc(NC(=O)N2CCSC(c3ccccc3C)CC2)c1. The Morgan fingerprint density at radius 3 is 2.52 bits per heavy atom. The van der Waals surface area contributed by atoms with Gasteiger partial charge < -0.3 is 10.2 Å². The van der Waals surface area contributed by atoms with E-state index in [0.29, 0.717) is 5.25 Å². The van der Waals surface area contributed by atoms with Gasteiger partial charge in [0.15, 0.2) is 0 Å². The first-order chi connectivity index (χ1) is 12.0. The van der Waals surface area contributed by atoms with Crippen LogP contribution in [0.1, 0.15) is 33.9 Å². The molecule has 1 heterocycles. The minimum Gasteiger partial charge on any atom is -0.324 e. The van der Waals surface area contributed by atoms with Crippen molar-refractivity contribution in [3.05, 3.63) is 64.7 Å². The Bertz CT molecular complexity index is 739. The maximum absolute atomic E-state index is 12.7. The molecule has 4 heteroatoms. The maximum Gasteiger partial charge on any atom is 0.321 e. The molecule has 2 aromatic carbocycles. The summed E-state index contributed by atoms with van der Waals surface area (Å²) in [5.41, 5.74) is 5.97. The number of nitrogens with one attached hydrogen (secondary N) is 1. The van der Waals surface area contributed by atoms with Crippen molar-refractivity contribution < 1.29 is 4.79 Å². The summed E-state index contributed by atoms with van der Waals surface area (Å²) in [5.74, 6) is 0.971. The van der Waals surface area contributed by atoms with Gasteiger partial charge in [0.05, 0.1) is 0 Å². The zero-order valence-electron chi connectivity index (χ0n) is 15.2. The highest BCUT2D eigenvalue weighted by Crippen LogP contribution is 2.36. The van der Waals surface area contributed by atoms with Crippen molar-refractivity contribution in [1.29, 1.82) is 0 Å². The Labute approximate surface area is 154 Å². The zero-order valence-corrected chi connectivity index (χ0v) is 16.0. The molecule has 25 heavy (non-hydrogen) atoms. The molecule has 2 aromatic rings. The van der Waals surface area contributed by atoms with E-state index >= 15 is 0 Å². The highest BCUT2D eigenvalue weighted by atomic mass is 32.2. The van der Waals surface area contributed by atoms with Gasteiger partial charge in [0.25, 0.3) is 0 Å². The van der Waals surface area contributed by atoms with Crippen LogP contribution in [0.3, 0.4) is 0 Å². The van der Waals surface area contributed by atoms with Crippen LogP contribution in [0.15, 0.2) is 42.5 Å². The lowest BCUT2D eigenvalue weighted by Crippen LogP contribution is -2.36. The molecule has 2 amide bonds. The van der Waals surface area contributed by atoms with Gasteiger partial charge in [-0.05, 0) is 61.6 Å². The molecular formula is C21H26N2OS. The van der Waals surface area contributed by atoms with Gasteiger partial charge in [0, 0.05) is 29.8 Å². The van der Waals surface area contributed by atoms with Crippen LogP contribution in [0.2, 0.25) is 0 Å². The summed E-state index contributed by atoms with van der Waals surface area (Å²) < 4.78 is 0. The lowest BCUT2D eigenvalue weighted by molar-refractivity contribution is 0.215. The van der Waals surface area contributed by atoms with E-state index < -0.39 is 0 Å². The van der Waals surface area contributed by atoms with Crippen molar-refractivity contribution in [2.45, 2.75) is 32.4 Å². The molecule has 1 aliphatic heterocycles. The molecule has 0 radical (unpaired) electrons. The van der Waals surface area contributed by atoms with Gasteiger partial charge in [-0.15, -0.1) is 0 Å². The summed E-state index contributed by atoms with van der Waals surface area (Å²) in [6.07, 6.45) is 0.996. The fourth-order valence-corrected chi connectivity index (χ4v) is 4.75. The largest absolute Gasteiger partial charge is 0.324 e. The van der Waals surface area contributed by atoms with E-state index in [1.807, 2.05) is 28.8 Å². The summed E-state index contributed by atoms with van der Waals surface area (Å²) in [6.45, 7) is 7.87. The van der Waals surface area contributed by atoms with Crippen LogP contribution in [-0.4, -0.2) is 29.8 Å². The monoisotopic (exact) mass is 354 g/mol. The van der Waals surface area contributed by atoms with Crippen molar-refractivity contribution in [3.63, 3.8) is 0 Å². The van der Waals surface area contributed by atoms with E-state index in [0.717, 1.165) is 31.0 Å². The number of benzene rings is 2. The quantitative estimate of drug-likeness (QED) is 0.791. The van der Waals surface area contributed by atoms with Crippen LogP contribution in [0.5, 0.6) is 0 Å². The Kier molecular flexibility index (Phi) is 5.69. The highest BCUT2D eigenvalue weighted by Gasteiger charge is 2.23. The third-order valence-electron chi connectivity index (χ3n) is 4.64. The second kappa shape index (κ2) is 7.96. The third kappa shape index (κ3) is 4.57. The van der Waals surface area contributed by atoms with Gasteiger partial charge in [-0.2, -0.15) is 11.8 Å². The van der Waals surface area contributed by atoms with E-state index in [4.69, 9.17) is 0 Å². The predicted molar refractivity (Wildman–Crippen MR) is 108 cm³/mol. The number of aryl methyl sites for hydroxylation is 3. The van der Waals surface area contributed by atoms with Gasteiger partial charge in [0.1, 0.15) is 0 Å². The molecule has 0 aliphatic carbocycles. The molecule has 0 spiro atoms. The van der Waals surface area contributed by atoms with Crippen molar-refractivity contribution in [1.82, 2.24) is 4.90 Å². The molecule has 0 aromatic heterocycles. The maximum atomic E-state index is 12.7. The molecule has 1 aliphatic rings. The van der Waals surface area contributed by atoms with Crippen LogP contribution in [0.4, 0.5) is 10.5 Å². The Morgan fingerprint density at radius 2 is 1.80 bits per heavy atom. The van der Waals surface area contributed by atoms with E-state index in [-0.39, 0.29) is 6.03 Å². The first-order valence-electron chi connectivity index (χ1n) is 8.84. The molecule has 3 rings (SSSR count). The lowest BCUT2D eigenvalue weighted by Gasteiger charge is -2.21. The van der Waals surface area contributed by atoms with Gasteiger partial charge in [0.2, 0.25) is 0 Å². The van der Waals surface area contributed by atoms with Crippen molar-refractivity contribution >= 4 is 23.5 Å². The van der Waals surface area contributed by atoms with Crippen molar-refractivity contribution in [2.75, 3.05) is 24.2 Å². The molecule has 1 fully saturated rings. The minimum atomic E-state index is 0.0102. The van der Waals surface area contributed by atoms with Crippen LogP contribution in [0.25, 0.3) is 0 Å². The number of carbonyl (C=O) groups is 1. The fourth-order valence-electron chi connectivity index (χ4n) is 3.42. The zero-order chi connectivity index (χ0) is 17.8. The number of nitrogens with zero attached hydrogens (tertiary/aromatic N) is 1. The van der Waals surface area contributed by atoms with Gasteiger partial charge in [-0.3, -0.25) is 0 Å². The first kappa shape index (κ1) is 17.9. The normalized spacial score (nSPS) is 17.9. The van der Waals surface area contributed by atoms with E-state index in [1.54, 1.807) is 0 Å². The number of thioether (sulfide) groups is 1. The predicted octanol–water partition coefficient (Wildman–Crippen LogP) is 5.32. The summed E-state index contributed by atoms with van der Waals surface area (Å²) in [4.78, 5) is 14.6. The second-order valence-electron chi connectivity index (χ2n) is 6.80. The number of amides is 2. The summed E-state index contributed by atoms with van der Waals surface area (Å²) in [6, 6.07) is 14.8. The van der Waals surface area contributed by atoms with Gasteiger partial charge >= 0.3 is 6.03 Å². The standard InChI is InChI=1S/C21H26N2OS/c1-15-12-16(2)14-18(13-15)22-21(24)23-9-8-20(25-11-10-23)19-7-5-4-6-17(19)3/h4-7,12-14,20H,8-11H2,1-3H3,(H,22,24). The molecular weight excluding hydrogens is 328 g/mol. The molecule has 1 saturated heterocycles. The number of carbonyl (C=O) groups excluding carboxylic acids is 1. The van der Waals surface area contributed by atoms with Gasteiger partial charge in [-0.1, -0.05) is 30.3 Å². The van der Waals surface area contributed by atoms with Gasteiger partial charge in [-0.25, -0.2) is 4.79 Å². The fraction of sp³-hybridized carbons (Fsp3) is 0.381. The average molecular weight is 355 g/mol. The average Bonchev–Trinajstić information content (AvgIpc) is 2.80. The Balaban J connectivity index is 1.64. The second-order valence-corrected chi connectivity index (χ2v) is 8.11. The third-order valence-corrected chi connectivity index (χ3v) is 5.95. The van der Waals surface area contributed by atoms with Crippen LogP contribution < -0.4 is 5.32 Å². The summed E-state index contributed by atoms with van der Waals surface area (Å²) in [7, 11) is 0. The van der Waals surface area contributed by atoms with Crippen molar-refractivity contribution in [3.8, 4) is 0 Å². The summed E-state index contributed by atoms with van der Waals surface area (Å²) >= 11 is 1.96. The topological polar surface area (TPSA) is 32.3 Å².